The van der Waals surface area contributed by atoms with Crippen molar-refractivity contribution < 1.29 is 9.53 Å². The zero-order valence-corrected chi connectivity index (χ0v) is 11.8. The van der Waals surface area contributed by atoms with Crippen molar-refractivity contribution in [2.75, 3.05) is 12.4 Å². The van der Waals surface area contributed by atoms with Gasteiger partial charge in [-0.3, -0.25) is 9.48 Å². The van der Waals surface area contributed by atoms with Crippen molar-refractivity contribution in [1.82, 2.24) is 9.78 Å². The second-order valence-corrected chi connectivity index (χ2v) is 4.64. The first-order valence-corrected chi connectivity index (χ1v) is 6.10. The van der Waals surface area contributed by atoms with Gasteiger partial charge in [-0.05, 0) is 12.1 Å². The zero-order chi connectivity index (χ0) is 14.0. The van der Waals surface area contributed by atoms with Gasteiger partial charge in [0.15, 0.2) is 5.75 Å². The van der Waals surface area contributed by atoms with E-state index in [1.165, 1.54) is 19.2 Å². The molecule has 1 N–H and O–H groups in total. The van der Waals surface area contributed by atoms with E-state index < -0.39 is 0 Å². The predicted octanol–water partition coefficient (Wildman–Crippen LogP) is 2.99. The van der Waals surface area contributed by atoms with Crippen LogP contribution in [0.15, 0.2) is 24.5 Å². The molecule has 100 valence electrons. The molecular weight excluding hydrogens is 289 g/mol. The summed E-state index contributed by atoms with van der Waals surface area (Å²) in [4.78, 5) is 12.0. The lowest BCUT2D eigenvalue weighted by atomic mass is 10.2. The molecule has 0 bridgehead atoms. The van der Waals surface area contributed by atoms with Crippen LogP contribution in [0.25, 0.3) is 0 Å². The monoisotopic (exact) mass is 299 g/mol. The summed E-state index contributed by atoms with van der Waals surface area (Å²) in [6.45, 7) is 0. The van der Waals surface area contributed by atoms with E-state index >= 15 is 0 Å². The third-order valence-electron chi connectivity index (χ3n) is 2.43. The number of rotatable bonds is 3. The summed E-state index contributed by atoms with van der Waals surface area (Å²) in [5.41, 5.74) is 0.940. The molecule has 1 aromatic carbocycles. The van der Waals surface area contributed by atoms with E-state index in [2.05, 4.69) is 10.4 Å². The van der Waals surface area contributed by atoms with Crippen LogP contribution in [0, 0.1) is 0 Å². The van der Waals surface area contributed by atoms with E-state index in [0.717, 1.165) is 0 Å². The molecule has 0 atom stereocenters. The number of hydrogen-bond acceptors (Lipinski definition) is 3. The number of nitrogens with one attached hydrogen (secondary N) is 1. The molecule has 0 radical (unpaired) electrons. The summed E-state index contributed by atoms with van der Waals surface area (Å²) < 4.78 is 6.61. The predicted molar refractivity (Wildman–Crippen MR) is 74.2 cm³/mol. The number of aromatic nitrogens is 2. The van der Waals surface area contributed by atoms with E-state index in [-0.39, 0.29) is 16.0 Å². The lowest BCUT2D eigenvalue weighted by molar-refractivity contribution is 0.102. The standard InChI is InChI=1S/C12H11Cl2N3O2/c1-17-6-8(5-15-17)16-12(18)7-3-9(13)11(19-2)10(14)4-7/h3-6H,1-2H3,(H,16,18). The quantitative estimate of drug-likeness (QED) is 0.948. The number of nitrogens with zero attached hydrogens (tertiary/aromatic N) is 2. The maximum atomic E-state index is 12.0. The van der Waals surface area contributed by atoms with Crippen molar-refractivity contribution in [3.63, 3.8) is 0 Å². The highest BCUT2D eigenvalue weighted by atomic mass is 35.5. The van der Waals surface area contributed by atoms with Crippen LogP contribution in [0.5, 0.6) is 5.75 Å². The lowest BCUT2D eigenvalue weighted by Crippen LogP contribution is -2.11. The number of hydrogen-bond donors (Lipinski definition) is 1. The molecule has 7 heteroatoms. The molecule has 19 heavy (non-hydrogen) atoms. The lowest BCUT2D eigenvalue weighted by Gasteiger charge is -2.08. The molecule has 0 saturated carbocycles. The smallest absolute Gasteiger partial charge is 0.255 e. The van der Waals surface area contributed by atoms with Crippen LogP contribution in [0.3, 0.4) is 0 Å². The Morgan fingerprint density at radius 1 is 1.37 bits per heavy atom. The fourth-order valence-electron chi connectivity index (χ4n) is 1.58. The van der Waals surface area contributed by atoms with E-state index in [1.54, 1.807) is 24.1 Å². The van der Waals surface area contributed by atoms with Crippen molar-refractivity contribution in [3.8, 4) is 5.75 Å². The first-order chi connectivity index (χ1) is 9.01. The maximum Gasteiger partial charge on any atom is 0.255 e. The molecule has 1 heterocycles. The topological polar surface area (TPSA) is 56.1 Å². The fraction of sp³-hybridized carbons (Fsp3) is 0.167. The highest BCUT2D eigenvalue weighted by molar-refractivity contribution is 6.37. The Morgan fingerprint density at radius 2 is 2.00 bits per heavy atom. The highest BCUT2D eigenvalue weighted by Crippen LogP contribution is 2.33. The van der Waals surface area contributed by atoms with Gasteiger partial charge >= 0.3 is 0 Å². The molecule has 2 rings (SSSR count). The Labute approximate surface area is 120 Å². The molecule has 0 aliphatic heterocycles. The molecule has 0 unspecified atom stereocenters. The van der Waals surface area contributed by atoms with Crippen molar-refractivity contribution >= 4 is 34.8 Å². The zero-order valence-electron chi connectivity index (χ0n) is 10.3. The van der Waals surface area contributed by atoms with E-state index in [1.807, 2.05) is 0 Å². The first-order valence-electron chi connectivity index (χ1n) is 5.34. The molecule has 1 amide bonds. The summed E-state index contributed by atoms with van der Waals surface area (Å²) in [6.07, 6.45) is 3.23. The Bertz CT molecular complexity index is 602. The van der Waals surface area contributed by atoms with Gasteiger partial charge in [0, 0.05) is 18.8 Å². The van der Waals surface area contributed by atoms with Crippen molar-refractivity contribution in [2.45, 2.75) is 0 Å². The minimum absolute atomic E-state index is 0.284. The maximum absolute atomic E-state index is 12.0. The molecule has 5 nitrogen and oxygen atoms in total. The van der Waals surface area contributed by atoms with Crippen LogP contribution in [-0.2, 0) is 7.05 Å². The number of anilines is 1. The van der Waals surface area contributed by atoms with Gasteiger partial charge in [0.05, 0.1) is 29.0 Å². The highest BCUT2D eigenvalue weighted by Gasteiger charge is 2.14. The number of halogens is 2. The van der Waals surface area contributed by atoms with Crippen LogP contribution < -0.4 is 10.1 Å². The van der Waals surface area contributed by atoms with Crippen LogP contribution in [0.1, 0.15) is 10.4 Å². The van der Waals surface area contributed by atoms with Gasteiger partial charge < -0.3 is 10.1 Å². The van der Waals surface area contributed by atoms with Gasteiger partial charge in [0.25, 0.3) is 5.91 Å². The summed E-state index contributed by atoms with van der Waals surface area (Å²) in [5, 5.41) is 7.21. The van der Waals surface area contributed by atoms with Gasteiger partial charge in [-0.2, -0.15) is 5.10 Å². The third kappa shape index (κ3) is 3.00. The molecule has 0 aliphatic rings. The van der Waals surface area contributed by atoms with Gasteiger partial charge in [0.2, 0.25) is 0 Å². The molecule has 0 fully saturated rings. The number of carbonyl (C=O) groups is 1. The van der Waals surface area contributed by atoms with Crippen LogP contribution in [0.4, 0.5) is 5.69 Å². The van der Waals surface area contributed by atoms with Crippen LogP contribution in [0.2, 0.25) is 10.0 Å². The van der Waals surface area contributed by atoms with Crippen LogP contribution in [-0.4, -0.2) is 22.8 Å². The van der Waals surface area contributed by atoms with Crippen LogP contribution >= 0.6 is 23.2 Å². The number of amides is 1. The SMILES string of the molecule is COc1c(Cl)cc(C(=O)Nc2cnn(C)c2)cc1Cl. The molecule has 0 saturated heterocycles. The number of methoxy groups -OCH3 is 1. The van der Waals surface area contributed by atoms with E-state index in [4.69, 9.17) is 27.9 Å². The average molecular weight is 300 g/mol. The first kappa shape index (κ1) is 13.7. The van der Waals surface area contributed by atoms with Crippen molar-refractivity contribution in [2.24, 2.45) is 7.05 Å². The average Bonchev–Trinajstić information content (AvgIpc) is 2.74. The fourth-order valence-corrected chi connectivity index (χ4v) is 2.22. The van der Waals surface area contributed by atoms with Crippen molar-refractivity contribution in [1.29, 1.82) is 0 Å². The van der Waals surface area contributed by atoms with E-state index in [0.29, 0.717) is 17.0 Å². The minimum Gasteiger partial charge on any atom is -0.494 e. The summed E-state index contributed by atoms with van der Waals surface area (Å²) >= 11 is 12.0. The third-order valence-corrected chi connectivity index (χ3v) is 2.99. The Kier molecular flexibility index (Phi) is 3.97. The van der Waals surface area contributed by atoms with Gasteiger partial charge in [-0.1, -0.05) is 23.2 Å². The Morgan fingerprint density at radius 3 is 2.47 bits per heavy atom. The largest absolute Gasteiger partial charge is 0.494 e. The van der Waals surface area contributed by atoms with Gasteiger partial charge in [0.1, 0.15) is 0 Å². The molecular formula is C12H11Cl2N3O2. The summed E-state index contributed by atoms with van der Waals surface area (Å²) in [7, 11) is 3.22. The second-order valence-electron chi connectivity index (χ2n) is 3.83. The number of carbonyl (C=O) groups excluding carboxylic acids is 1. The van der Waals surface area contributed by atoms with Gasteiger partial charge in [-0.15, -0.1) is 0 Å². The normalized spacial score (nSPS) is 10.3. The van der Waals surface area contributed by atoms with Gasteiger partial charge in [-0.25, -0.2) is 0 Å². The molecule has 0 aliphatic carbocycles. The Hall–Kier alpha value is -1.72. The summed E-state index contributed by atoms with van der Waals surface area (Å²) in [6, 6.07) is 3.00. The van der Waals surface area contributed by atoms with E-state index in [9.17, 15) is 4.79 Å². The summed E-state index contributed by atoms with van der Waals surface area (Å²) in [5.74, 6) is 0.0284. The number of ether oxygens (including phenoxy) is 1. The second kappa shape index (κ2) is 5.50. The van der Waals surface area contributed by atoms with Crippen molar-refractivity contribution in [3.05, 3.63) is 40.1 Å². The number of benzene rings is 1. The molecule has 0 spiro atoms. The number of aryl methyl sites for hydroxylation is 1. The Balaban J connectivity index is 2.24. The molecule has 2 aromatic rings. The minimum atomic E-state index is -0.320. The molecule has 1 aromatic heterocycles.